The molecule has 10 heteroatoms. The molecule has 0 unspecified atom stereocenters. The molecule has 0 aliphatic carbocycles. The maximum Gasteiger partial charge on any atom is 0.261 e. The first kappa shape index (κ1) is 21.9. The lowest BCUT2D eigenvalue weighted by atomic mass is 10.1. The van der Waals surface area contributed by atoms with Gasteiger partial charge in [0.25, 0.3) is 15.9 Å². The van der Waals surface area contributed by atoms with Crippen molar-refractivity contribution in [3.63, 3.8) is 0 Å². The molecule has 0 aromatic heterocycles. The number of hydrogen-bond donors (Lipinski definition) is 2. The molecule has 3 aromatic carbocycles. The maximum atomic E-state index is 12.9. The number of hydrogen-bond acceptors (Lipinski definition) is 7. The monoisotopic (exact) mass is 482 g/mol. The summed E-state index contributed by atoms with van der Waals surface area (Å²) in [5, 5.41) is 2.89. The number of carbonyl (C=O) groups is 1. The van der Waals surface area contributed by atoms with E-state index in [1.165, 1.54) is 18.2 Å². The topological polar surface area (TPSA) is 112 Å². The first-order valence-electron chi connectivity index (χ1n) is 10.6. The second-order valence-electron chi connectivity index (χ2n) is 7.80. The summed E-state index contributed by atoms with van der Waals surface area (Å²) in [6.07, 6.45) is 0. The molecule has 2 aliphatic heterocycles. The van der Waals surface area contributed by atoms with Gasteiger partial charge in [-0.05, 0) is 55.0 Å². The lowest BCUT2D eigenvalue weighted by Crippen LogP contribution is -2.27. The summed E-state index contributed by atoms with van der Waals surface area (Å²) in [6.45, 7) is 2.90. The molecule has 2 heterocycles. The van der Waals surface area contributed by atoms with Gasteiger partial charge in [0, 0.05) is 11.6 Å². The second kappa shape index (κ2) is 8.79. The van der Waals surface area contributed by atoms with Crippen LogP contribution in [-0.2, 0) is 10.0 Å². The van der Waals surface area contributed by atoms with Crippen LogP contribution in [0.5, 0.6) is 23.0 Å². The number of anilines is 1. The van der Waals surface area contributed by atoms with Crippen LogP contribution >= 0.6 is 0 Å². The van der Waals surface area contributed by atoms with Gasteiger partial charge >= 0.3 is 0 Å². The number of amides is 1. The summed E-state index contributed by atoms with van der Waals surface area (Å²) in [6, 6.07) is 15.8. The second-order valence-corrected chi connectivity index (χ2v) is 9.48. The van der Waals surface area contributed by atoms with Gasteiger partial charge in [-0.25, -0.2) is 8.42 Å². The van der Waals surface area contributed by atoms with Crippen molar-refractivity contribution in [1.82, 2.24) is 5.32 Å². The molecule has 0 radical (unpaired) electrons. The minimum absolute atomic E-state index is 0.0372. The van der Waals surface area contributed by atoms with Gasteiger partial charge in [0.15, 0.2) is 23.0 Å². The first-order valence-corrected chi connectivity index (χ1v) is 12.1. The molecule has 0 saturated heterocycles. The van der Waals surface area contributed by atoms with Crippen LogP contribution in [0, 0.1) is 0 Å². The summed E-state index contributed by atoms with van der Waals surface area (Å²) >= 11 is 0. The van der Waals surface area contributed by atoms with Crippen molar-refractivity contribution in [2.75, 3.05) is 24.7 Å². The van der Waals surface area contributed by atoms with Crippen LogP contribution in [0.4, 0.5) is 5.69 Å². The number of benzene rings is 3. The van der Waals surface area contributed by atoms with Crippen molar-refractivity contribution in [3.8, 4) is 23.0 Å². The Kier molecular flexibility index (Phi) is 5.66. The van der Waals surface area contributed by atoms with Gasteiger partial charge in [-0.3, -0.25) is 9.52 Å². The Morgan fingerprint density at radius 1 is 0.853 bits per heavy atom. The minimum atomic E-state index is -3.93. The van der Waals surface area contributed by atoms with E-state index in [1.807, 2.05) is 25.1 Å². The Bertz CT molecular complexity index is 1360. The molecule has 0 saturated carbocycles. The van der Waals surface area contributed by atoms with Crippen molar-refractivity contribution in [2.45, 2.75) is 17.9 Å². The van der Waals surface area contributed by atoms with E-state index < -0.39 is 15.9 Å². The van der Waals surface area contributed by atoms with E-state index in [9.17, 15) is 13.2 Å². The van der Waals surface area contributed by atoms with Gasteiger partial charge in [-0.15, -0.1) is 0 Å². The van der Waals surface area contributed by atoms with Gasteiger partial charge in [0.2, 0.25) is 6.79 Å². The summed E-state index contributed by atoms with van der Waals surface area (Å²) in [7, 11) is -3.93. The first-order chi connectivity index (χ1) is 16.4. The van der Waals surface area contributed by atoms with E-state index in [2.05, 4.69) is 10.0 Å². The molecule has 1 atom stereocenters. The smallest absolute Gasteiger partial charge is 0.261 e. The molecule has 9 nitrogen and oxygen atoms in total. The Morgan fingerprint density at radius 3 is 2.41 bits per heavy atom. The predicted octanol–water partition coefficient (Wildman–Crippen LogP) is 3.48. The van der Waals surface area contributed by atoms with Crippen molar-refractivity contribution < 1.29 is 32.2 Å². The Labute approximate surface area is 196 Å². The molecule has 1 amide bonds. The fourth-order valence-electron chi connectivity index (χ4n) is 3.67. The van der Waals surface area contributed by atoms with Crippen LogP contribution in [0.3, 0.4) is 0 Å². The van der Waals surface area contributed by atoms with Crippen molar-refractivity contribution >= 4 is 21.6 Å². The zero-order chi connectivity index (χ0) is 23.7. The number of sulfonamides is 1. The zero-order valence-electron chi connectivity index (χ0n) is 18.2. The van der Waals surface area contributed by atoms with E-state index >= 15 is 0 Å². The van der Waals surface area contributed by atoms with Crippen molar-refractivity contribution in [3.05, 3.63) is 71.8 Å². The molecular formula is C24H22N2O7S. The minimum Gasteiger partial charge on any atom is -0.486 e. The van der Waals surface area contributed by atoms with E-state index in [1.54, 1.807) is 24.3 Å². The highest BCUT2D eigenvalue weighted by Gasteiger charge is 2.21. The summed E-state index contributed by atoms with van der Waals surface area (Å²) in [5.74, 6) is 1.91. The third-order valence-electron chi connectivity index (χ3n) is 5.45. The number of nitrogens with one attached hydrogen (secondary N) is 2. The lowest BCUT2D eigenvalue weighted by molar-refractivity contribution is 0.0939. The molecule has 0 fully saturated rings. The third-order valence-corrected chi connectivity index (χ3v) is 6.82. The van der Waals surface area contributed by atoms with Crippen molar-refractivity contribution in [1.29, 1.82) is 0 Å². The molecule has 0 bridgehead atoms. The molecule has 3 aromatic rings. The van der Waals surface area contributed by atoms with E-state index in [4.69, 9.17) is 18.9 Å². The Balaban J connectivity index is 1.30. The van der Waals surface area contributed by atoms with E-state index in [0.29, 0.717) is 41.9 Å². The summed E-state index contributed by atoms with van der Waals surface area (Å²) in [4.78, 5) is 12.8. The normalized spacial score (nSPS) is 14.9. The summed E-state index contributed by atoms with van der Waals surface area (Å²) < 4.78 is 50.0. The van der Waals surface area contributed by atoms with Gasteiger partial charge < -0.3 is 24.3 Å². The van der Waals surface area contributed by atoms with Gasteiger partial charge in [-0.2, -0.15) is 0 Å². The standard InChI is InChI=1S/C24H22N2O7S/c1-15(16-5-7-20-22(12-16)31-10-9-30-20)25-24(27)17-3-2-4-19(11-17)34(28,29)26-18-6-8-21-23(13-18)33-14-32-21/h2-8,11-13,15,26H,9-10,14H2,1H3,(H,25,27)/t15-/m0/s1. The van der Waals surface area contributed by atoms with Gasteiger partial charge in [0.05, 0.1) is 16.6 Å². The fraction of sp³-hybridized carbons (Fsp3) is 0.208. The third kappa shape index (κ3) is 4.44. The van der Waals surface area contributed by atoms with E-state index in [-0.39, 0.29) is 23.3 Å². The van der Waals surface area contributed by atoms with Crippen LogP contribution in [0.1, 0.15) is 28.9 Å². The lowest BCUT2D eigenvalue weighted by Gasteiger charge is -2.21. The zero-order valence-corrected chi connectivity index (χ0v) is 19.1. The largest absolute Gasteiger partial charge is 0.486 e. The SMILES string of the molecule is C[C@H](NC(=O)c1cccc(S(=O)(=O)Nc2ccc3c(c2)OCO3)c1)c1ccc2c(c1)OCCO2. The van der Waals surface area contributed by atoms with Crippen LogP contribution in [-0.4, -0.2) is 34.3 Å². The van der Waals surface area contributed by atoms with Crippen molar-refractivity contribution in [2.24, 2.45) is 0 Å². The molecule has 34 heavy (non-hydrogen) atoms. The highest BCUT2D eigenvalue weighted by atomic mass is 32.2. The molecule has 2 aliphatic rings. The molecule has 0 spiro atoms. The molecule has 176 valence electrons. The van der Waals surface area contributed by atoms with E-state index in [0.717, 1.165) is 5.56 Å². The van der Waals surface area contributed by atoms with Crippen LogP contribution < -0.4 is 29.0 Å². The average molecular weight is 483 g/mol. The van der Waals surface area contributed by atoms with Crippen LogP contribution in [0.15, 0.2) is 65.6 Å². The van der Waals surface area contributed by atoms with Gasteiger partial charge in [0.1, 0.15) is 13.2 Å². The molecular weight excluding hydrogens is 460 g/mol. The van der Waals surface area contributed by atoms with Gasteiger partial charge in [-0.1, -0.05) is 12.1 Å². The summed E-state index contributed by atoms with van der Waals surface area (Å²) in [5.41, 5.74) is 1.38. The molecule has 5 rings (SSSR count). The Morgan fingerprint density at radius 2 is 1.56 bits per heavy atom. The quantitative estimate of drug-likeness (QED) is 0.553. The van der Waals surface area contributed by atoms with Crippen LogP contribution in [0.25, 0.3) is 0 Å². The fourth-order valence-corrected chi connectivity index (χ4v) is 4.77. The maximum absolute atomic E-state index is 12.9. The predicted molar refractivity (Wildman–Crippen MR) is 123 cm³/mol. The van der Waals surface area contributed by atoms with Crippen LogP contribution in [0.2, 0.25) is 0 Å². The Hall–Kier alpha value is -3.92. The highest BCUT2D eigenvalue weighted by molar-refractivity contribution is 7.92. The highest BCUT2D eigenvalue weighted by Crippen LogP contribution is 2.35. The number of fused-ring (bicyclic) bond motifs is 2. The number of carbonyl (C=O) groups excluding carboxylic acids is 1. The number of rotatable bonds is 6. The number of ether oxygens (including phenoxy) is 4. The molecule has 2 N–H and O–H groups in total. The average Bonchev–Trinajstić information content (AvgIpc) is 3.31.